The highest BCUT2D eigenvalue weighted by Crippen LogP contribution is 2.16. The van der Waals surface area contributed by atoms with E-state index < -0.39 is 6.10 Å². The molecule has 0 aliphatic rings. The molecule has 1 unspecified atom stereocenters. The molecule has 0 rings (SSSR count). The standard InChI is InChI=1S/C63H108O5/c1-3-5-7-9-11-13-15-17-19-21-23-25-27-28-29-30-31-32-33-34-36-38-40-42-44-46-48-50-52-54-56-58-63(66)68-61(59-64)60-67-62(65)57-55-53-51-49-47-45-43-41-39-37-35-26-24-22-20-18-16-14-12-10-8-6-4-2/h5,7,11,13,16-19,22-25,28-29,35,37,61,64H,3-4,6,8-10,12,14-15,20-21,26-27,30-34,36,38-60H2,1-2H3/b7-5-,13-11-,18-16-,19-17-,24-22-,25-23-,29-28-,37-35-. The zero-order chi connectivity index (χ0) is 49.2. The first-order valence-electron chi connectivity index (χ1n) is 28.8. The third kappa shape index (κ3) is 55.4. The van der Waals surface area contributed by atoms with E-state index >= 15 is 0 Å². The number of ether oxygens (including phenoxy) is 2. The number of hydrogen-bond acceptors (Lipinski definition) is 5. The van der Waals surface area contributed by atoms with Crippen LogP contribution >= 0.6 is 0 Å². The van der Waals surface area contributed by atoms with Gasteiger partial charge in [-0.25, -0.2) is 0 Å². The van der Waals surface area contributed by atoms with Gasteiger partial charge in [-0.15, -0.1) is 0 Å². The first-order valence-corrected chi connectivity index (χ1v) is 28.8. The van der Waals surface area contributed by atoms with Crippen molar-refractivity contribution in [2.24, 2.45) is 0 Å². The SMILES string of the molecule is CC/C=C\C/C=C\C/C=C\C/C=C\C/C=C\CCCCCCCCCCCCCCCCCC(=O)OC(CO)COC(=O)CCCCCCCCCC/C=C\C/C=C\C/C=C\CCCCCCC. The highest BCUT2D eigenvalue weighted by atomic mass is 16.6. The van der Waals surface area contributed by atoms with Gasteiger partial charge in [0.05, 0.1) is 6.61 Å². The van der Waals surface area contributed by atoms with E-state index in [0.717, 1.165) is 83.5 Å². The minimum absolute atomic E-state index is 0.0725. The van der Waals surface area contributed by atoms with E-state index in [-0.39, 0.29) is 25.2 Å². The Balaban J connectivity index is 3.51. The van der Waals surface area contributed by atoms with Gasteiger partial charge in [0.2, 0.25) is 0 Å². The van der Waals surface area contributed by atoms with E-state index in [1.165, 1.54) is 161 Å². The second-order valence-corrected chi connectivity index (χ2v) is 19.0. The molecule has 0 amide bonds. The molecule has 0 aromatic rings. The highest BCUT2D eigenvalue weighted by Gasteiger charge is 2.16. The lowest BCUT2D eigenvalue weighted by molar-refractivity contribution is -0.161. The van der Waals surface area contributed by atoms with Crippen LogP contribution in [0.5, 0.6) is 0 Å². The number of aliphatic hydroxyl groups is 1. The van der Waals surface area contributed by atoms with Crippen LogP contribution in [0, 0.1) is 0 Å². The molecule has 390 valence electrons. The van der Waals surface area contributed by atoms with Gasteiger partial charge in [-0.2, -0.15) is 0 Å². The Bertz CT molecular complexity index is 1300. The molecule has 0 radical (unpaired) electrons. The fourth-order valence-electron chi connectivity index (χ4n) is 8.06. The van der Waals surface area contributed by atoms with E-state index in [1.54, 1.807) is 0 Å². The van der Waals surface area contributed by atoms with Gasteiger partial charge in [0.15, 0.2) is 6.10 Å². The fraction of sp³-hybridized carbons (Fsp3) is 0.714. The van der Waals surface area contributed by atoms with E-state index in [4.69, 9.17) is 9.47 Å². The predicted molar refractivity (Wildman–Crippen MR) is 297 cm³/mol. The molecule has 0 aliphatic heterocycles. The molecule has 68 heavy (non-hydrogen) atoms. The average Bonchev–Trinajstić information content (AvgIpc) is 3.34. The highest BCUT2D eigenvalue weighted by molar-refractivity contribution is 5.70. The molecule has 0 aromatic heterocycles. The van der Waals surface area contributed by atoms with E-state index in [2.05, 4.69) is 111 Å². The van der Waals surface area contributed by atoms with Crippen molar-refractivity contribution in [3.63, 3.8) is 0 Å². The van der Waals surface area contributed by atoms with Crippen LogP contribution in [-0.4, -0.2) is 36.4 Å². The van der Waals surface area contributed by atoms with Crippen molar-refractivity contribution in [2.75, 3.05) is 13.2 Å². The summed E-state index contributed by atoms with van der Waals surface area (Å²) in [6.07, 6.45) is 82.3. The normalized spacial score (nSPS) is 12.9. The van der Waals surface area contributed by atoms with Crippen LogP contribution in [0.25, 0.3) is 0 Å². The summed E-state index contributed by atoms with van der Waals surface area (Å²) < 4.78 is 10.7. The van der Waals surface area contributed by atoms with E-state index in [0.29, 0.717) is 12.8 Å². The zero-order valence-electron chi connectivity index (χ0n) is 44.6. The number of aliphatic hydroxyl groups excluding tert-OH is 1. The second-order valence-electron chi connectivity index (χ2n) is 19.0. The first kappa shape index (κ1) is 64.8. The molecule has 0 spiro atoms. The quantitative estimate of drug-likeness (QED) is 0.0374. The largest absolute Gasteiger partial charge is 0.462 e. The number of unbranched alkanes of at least 4 members (excludes halogenated alkanes) is 28. The molecular weight excluding hydrogens is 837 g/mol. The van der Waals surface area contributed by atoms with Gasteiger partial charge >= 0.3 is 11.9 Å². The summed E-state index contributed by atoms with van der Waals surface area (Å²) in [4.78, 5) is 24.5. The lowest BCUT2D eigenvalue weighted by Gasteiger charge is -2.15. The topological polar surface area (TPSA) is 72.8 Å². The third-order valence-corrected chi connectivity index (χ3v) is 12.4. The van der Waals surface area contributed by atoms with Gasteiger partial charge in [-0.05, 0) is 96.3 Å². The summed E-state index contributed by atoms with van der Waals surface area (Å²) in [5.41, 5.74) is 0. The second kappa shape index (κ2) is 58.1. The van der Waals surface area contributed by atoms with Crippen molar-refractivity contribution in [3.8, 4) is 0 Å². The number of allylic oxidation sites excluding steroid dienone is 16. The van der Waals surface area contributed by atoms with Crippen LogP contribution in [0.3, 0.4) is 0 Å². The minimum atomic E-state index is -0.781. The number of rotatable bonds is 52. The molecule has 5 heteroatoms. The van der Waals surface area contributed by atoms with Gasteiger partial charge in [0, 0.05) is 12.8 Å². The van der Waals surface area contributed by atoms with E-state index in [1.807, 2.05) is 0 Å². The van der Waals surface area contributed by atoms with Crippen molar-refractivity contribution in [3.05, 3.63) is 97.2 Å². The fourth-order valence-corrected chi connectivity index (χ4v) is 8.06. The Hall–Kier alpha value is -3.18. The van der Waals surface area contributed by atoms with Crippen LogP contribution in [0.1, 0.15) is 271 Å². The first-order chi connectivity index (χ1) is 33.6. The smallest absolute Gasteiger partial charge is 0.306 e. The molecule has 0 aromatic carbocycles. The van der Waals surface area contributed by atoms with E-state index in [9.17, 15) is 14.7 Å². The maximum atomic E-state index is 12.3. The Morgan fingerprint density at radius 2 is 0.632 bits per heavy atom. The number of carbonyl (C=O) groups excluding carboxylic acids is 2. The summed E-state index contributed by atoms with van der Waals surface area (Å²) in [6, 6.07) is 0. The lowest BCUT2D eigenvalue weighted by Crippen LogP contribution is -2.28. The van der Waals surface area contributed by atoms with Crippen molar-refractivity contribution in [1.82, 2.24) is 0 Å². The Morgan fingerprint density at radius 3 is 0.956 bits per heavy atom. The molecule has 0 saturated carbocycles. The van der Waals surface area contributed by atoms with Crippen LogP contribution in [0.15, 0.2) is 97.2 Å². The van der Waals surface area contributed by atoms with Gasteiger partial charge in [-0.1, -0.05) is 259 Å². The van der Waals surface area contributed by atoms with Gasteiger partial charge in [0.25, 0.3) is 0 Å². The van der Waals surface area contributed by atoms with Gasteiger partial charge in [0.1, 0.15) is 6.61 Å². The molecule has 1 N–H and O–H groups in total. The van der Waals surface area contributed by atoms with Crippen molar-refractivity contribution in [1.29, 1.82) is 0 Å². The number of esters is 2. The van der Waals surface area contributed by atoms with Crippen LogP contribution in [0.4, 0.5) is 0 Å². The van der Waals surface area contributed by atoms with Crippen LogP contribution in [0.2, 0.25) is 0 Å². The Morgan fingerprint density at radius 1 is 0.353 bits per heavy atom. The molecule has 0 fully saturated rings. The predicted octanol–water partition coefficient (Wildman–Crippen LogP) is 19.5. The molecule has 0 saturated heterocycles. The molecule has 0 bridgehead atoms. The van der Waals surface area contributed by atoms with Crippen molar-refractivity contribution in [2.45, 2.75) is 277 Å². The monoisotopic (exact) mass is 945 g/mol. The van der Waals surface area contributed by atoms with Crippen LogP contribution in [-0.2, 0) is 19.1 Å². The minimum Gasteiger partial charge on any atom is -0.462 e. The Labute approximate surface area is 421 Å². The molecule has 5 nitrogen and oxygen atoms in total. The summed E-state index contributed by atoms with van der Waals surface area (Å²) in [6.45, 7) is 4.03. The zero-order valence-corrected chi connectivity index (χ0v) is 44.6. The summed E-state index contributed by atoms with van der Waals surface area (Å²) in [5.74, 6) is -0.596. The Kier molecular flexibility index (Phi) is 55.4. The third-order valence-electron chi connectivity index (χ3n) is 12.4. The van der Waals surface area contributed by atoms with Gasteiger partial charge in [-0.3, -0.25) is 9.59 Å². The summed E-state index contributed by atoms with van der Waals surface area (Å²) in [7, 11) is 0. The lowest BCUT2D eigenvalue weighted by atomic mass is 10.0. The van der Waals surface area contributed by atoms with Crippen molar-refractivity contribution < 1.29 is 24.2 Å². The van der Waals surface area contributed by atoms with Crippen molar-refractivity contribution >= 4 is 11.9 Å². The molecule has 1 atom stereocenters. The van der Waals surface area contributed by atoms with Gasteiger partial charge < -0.3 is 14.6 Å². The number of hydrogen-bond donors (Lipinski definition) is 1. The van der Waals surface area contributed by atoms with Crippen LogP contribution < -0.4 is 0 Å². The maximum absolute atomic E-state index is 12.3. The summed E-state index contributed by atoms with van der Waals surface area (Å²) >= 11 is 0. The number of carbonyl (C=O) groups is 2. The average molecular weight is 946 g/mol. The molecule has 0 heterocycles. The summed E-state index contributed by atoms with van der Waals surface area (Å²) in [5, 5.41) is 9.66. The molecular formula is C63H108O5. The maximum Gasteiger partial charge on any atom is 0.306 e. The molecule has 0 aliphatic carbocycles.